The van der Waals surface area contributed by atoms with E-state index in [1.807, 2.05) is 0 Å². The van der Waals surface area contributed by atoms with Crippen molar-refractivity contribution in [1.82, 2.24) is 0 Å². The summed E-state index contributed by atoms with van der Waals surface area (Å²) in [5.74, 6) is 0. The molecule has 0 saturated heterocycles. The summed E-state index contributed by atoms with van der Waals surface area (Å²) in [6, 6.07) is 13.7. The topological polar surface area (TPSA) is 0 Å². The van der Waals surface area contributed by atoms with Gasteiger partial charge in [0, 0.05) is 0 Å². The lowest BCUT2D eigenvalue weighted by Crippen LogP contribution is -2.16. The molecule has 0 aliphatic heterocycles. The average Bonchev–Trinajstić information content (AvgIpc) is 2.52. The first-order valence-corrected chi connectivity index (χ1v) is 7.59. The number of hydrogen-bond acceptors (Lipinski definition) is 0. The van der Waals surface area contributed by atoms with Crippen molar-refractivity contribution >= 4 is 33.7 Å². The summed E-state index contributed by atoms with van der Waals surface area (Å²) in [6.07, 6.45) is 9.55. The Morgan fingerprint density at radius 1 is 0.600 bits per heavy atom. The Hall–Kier alpha value is -2.08. The largest absolute Gasteiger partial charge is 0.0763 e. The molecule has 5 rings (SSSR count). The first kappa shape index (κ1) is 10.7. The Balaban J connectivity index is 2.22. The fourth-order valence-corrected chi connectivity index (χ4v) is 4.19. The van der Waals surface area contributed by atoms with Gasteiger partial charge >= 0.3 is 0 Å². The van der Waals surface area contributed by atoms with Gasteiger partial charge in [-0.15, -0.1) is 0 Å². The fraction of sp³-hybridized carbons (Fsp3) is 0.200. The van der Waals surface area contributed by atoms with Crippen molar-refractivity contribution < 1.29 is 0 Å². The van der Waals surface area contributed by atoms with Crippen LogP contribution in [-0.2, 0) is 12.8 Å². The van der Waals surface area contributed by atoms with Gasteiger partial charge in [0.15, 0.2) is 0 Å². The van der Waals surface area contributed by atoms with Gasteiger partial charge in [-0.2, -0.15) is 0 Å². The highest BCUT2D eigenvalue weighted by Crippen LogP contribution is 2.33. The molecule has 2 aliphatic rings. The van der Waals surface area contributed by atoms with Crippen LogP contribution in [0.15, 0.2) is 36.4 Å². The van der Waals surface area contributed by atoms with Crippen LogP contribution in [0, 0.1) is 0 Å². The second-order valence-electron chi connectivity index (χ2n) is 5.98. The number of fused-ring (bicyclic) bond motifs is 2. The summed E-state index contributed by atoms with van der Waals surface area (Å²) < 4.78 is 0. The summed E-state index contributed by atoms with van der Waals surface area (Å²) in [6.45, 7) is 0. The molecule has 96 valence electrons. The lowest BCUT2D eigenvalue weighted by Gasteiger charge is -2.21. The maximum atomic E-state index is 2.41. The molecular formula is C20H16. The molecule has 0 N–H and O–H groups in total. The molecule has 0 bridgehead atoms. The van der Waals surface area contributed by atoms with E-state index in [4.69, 9.17) is 0 Å². The number of rotatable bonds is 0. The molecule has 0 heteroatoms. The minimum absolute atomic E-state index is 1.18. The summed E-state index contributed by atoms with van der Waals surface area (Å²) in [7, 11) is 0. The Morgan fingerprint density at radius 2 is 1.10 bits per heavy atom. The molecule has 3 aromatic rings. The van der Waals surface area contributed by atoms with E-state index in [2.05, 4.69) is 48.6 Å². The van der Waals surface area contributed by atoms with Crippen LogP contribution in [0.4, 0.5) is 0 Å². The van der Waals surface area contributed by atoms with Crippen molar-refractivity contribution in [2.45, 2.75) is 25.7 Å². The molecule has 0 unspecified atom stereocenters. The predicted octanol–water partition coefficient (Wildman–Crippen LogP) is 3.45. The van der Waals surface area contributed by atoms with Crippen molar-refractivity contribution in [3.05, 3.63) is 58.0 Å². The number of hydrogen-bond donors (Lipinski definition) is 0. The van der Waals surface area contributed by atoms with Crippen molar-refractivity contribution in [3.63, 3.8) is 0 Å². The first-order chi connectivity index (χ1) is 9.93. The molecule has 0 fully saturated rings. The Bertz CT molecular complexity index is 907. The van der Waals surface area contributed by atoms with Crippen LogP contribution in [-0.4, -0.2) is 0 Å². The maximum absolute atomic E-state index is 2.41. The molecule has 3 aromatic carbocycles. The van der Waals surface area contributed by atoms with Crippen LogP contribution >= 0.6 is 0 Å². The molecule has 0 radical (unpaired) electrons. The maximum Gasteiger partial charge on any atom is -0.00732 e. The van der Waals surface area contributed by atoms with E-state index < -0.39 is 0 Å². The third-order valence-electron chi connectivity index (χ3n) is 4.96. The second-order valence-corrected chi connectivity index (χ2v) is 5.98. The third kappa shape index (κ3) is 1.22. The molecule has 20 heavy (non-hydrogen) atoms. The molecule has 2 aliphatic carbocycles. The van der Waals surface area contributed by atoms with Crippen molar-refractivity contribution in [1.29, 1.82) is 0 Å². The molecular weight excluding hydrogens is 240 g/mol. The Kier molecular flexibility index (Phi) is 1.99. The van der Waals surface area contributed by atoms with E-state index in [0.29, 0.717) is 0 Å². The summed E-state index contributed by atoms with van der Waals surface area (Å²) in [5, 5.41) is 8.95. The van der Waals surface area contributed by atoms with E-state index in [9.17, 15) is 0 Å². The summed E-state index contributed by atoms with van der Waals surface area (Å²) in [5.41, 5.74) is 3.16. The normalized spacial score (nSPS) is 16.0. The lowest BCUT2D eigenvalue weighted by molar-refractivity contribution is 1.03. The standard InChI is InChI=1S/C20H16/c1-5-13-6-2-11-17-18-12-4-8-14-7-3-10-16(20(14)18)15(9-1)19(13)17/h1,4-9,12H,2-3,10-11H2. The van der Waals surface area contributed by atoms with E-state index in [0.717, 1.165) is 0 Å². The lowest BCUT2D eigenvalue weighted by atomic mass is 9.83. The van der Waals surface area contributed by atoms with Gasteiger partial charge in [0.25, 0.3) is 0 Å². The van der Waals surface area contributed by atoms with Gasteiger partial charge in [0.1, 0.15) is 0 Å². The molecule has 0 nitrogen and oxygen atoms in total. The highest BCUT2D eigenvalue weighted by atomic mass is 14.2. The van der Waals surface area contributed by atoms with Crippen molar-refractivity contribution in [2.75, 3.05) is 0 Å². The fourth-order valence-electron chi connectivity index (χ4n) is 4.19. The minimum Gasteiger partial charge on any atom is -0.0763 e. The minimum atomic E-state index is 1.18. The van der Waals surface area contributed by atoms with Crippen LogP contribution in [0.5, 0.6) is 0 Å². The third-order valence-corrected chi connectivity index (χ3v) is 4.96. The van der Waals surface area contributed by atoms with Gasteiger partial charge in [-0.05, 0) is 68.8 Å². The zero-order valence-electron chi connectivity index (χ0n) is 11.4. The average molecular weight is 256 g/mol. The zero-order valence-corrected chi connectivity index (χ0v) is 11.4. The summed E-state index contributed by atoms with van der Waals surface area (Å²) in [4.78, 5) is 0. The van der Waals surface area contributed by atoms with E-state index in [1.54, 1.807) is 11.1 Å². The Labute approximate surface area is 118 Å². The predicted molar refractivity (Wildman–Crippen MR) is 86.3 cm³/mol. The van der Waals surface area contributed by atoms with E-state index in [1.165, 1.54) is 57.7 Å². The van der Waals surface area contributed by atoms with Crippen molar-refractivity contribution in [2.24, 2.45) is 0 Å². The SMILES string of the molecule is C1=c2cccc3c4c5c(cccc5c(c23)CC1)=CCC4. The molecule has 0 amide bonds. The highest BCUT2D eigenvalue weighted by Gasteiger charge is 2.17. The van der Waals surface area contributed by atoms with Gasteiger partial charge in [0.2, 0.25) is 0 Å². The second kappa shape index (κ2) is 3.73. The van der Waals surface area contributed by atoms with Gasteiger partial charge in [0.05, 0.1) is 0 Å². The molecule has 0 atom stereocenters. The van der Waals surface area contributed by atoms with Crippen LogP contribution < -0.4 is 10.4 Å². The number of benzene rings is 3. The van der Waals surface area contributed by atoms with Gasteiger partial charge in [-0.25, -0.2) is 0 Å². The quantitative estimate of drug-likeness (QED) is 0.540. The smallest absolute Gasteiger partial charge is 0.00732 e. The highest BCUT2D eigenvalue weighted by molar-refractivity contribution is 6.07. The number of aryl methyl sites for hydroxylation is 2. The first-order valence-electron chi connectivity index (χ1n) is 7.59. The Morgan fingerprint density at radius 3 is 1.60 bits per heavy atom. The van der Waals surface area contributed by atoms with E-state index >= 15 is 0 Å². The molecule has 0 saturated carbocycles. The van der Waals surface area contributed by atoms with E-state index in [-0.39, 0.29) is 0 Å². The van der Waals surface area contributed by atoms with Crippen LogP contribution in [0.1, 0.15) is 24.0 Å². The summed E-state index contributed by atoms with van der Waals surface area (Å²) >= 11 is 0. The van der Waals surface area contributed by atoms with Crippen LogP contribution in [0.25, 0.3) is 33.7 Å². The van der Waals surface area contributed by atoms with Crippen LogP contribution in [0.2, 0.25) is 0 Å². The van der Waals surface area contributed by atoms with Gasteiger partial charge < -0.3 is 0 Å². The molecule has 0 spiro atoms. The van der Waals surface area contributed by atoms with Gasteiger partial charge in [-0.3, -0.25) is 0 Å². The molecule has 0 aromatic heterocycles. The zero-order chi connectivity index (χ0) is 13.1. The molecule has 0 heterocycles. The van der Waals surface area contributed by atoms with Gasteiger partial charge in [-0.1, -0.05) is 48.6 Å². The van der Waals surface area contributed by atoms with Crippen molar-refractivity contribution in [3.8, 4) is 0 Å². The monoisotopic (exact) mass is 256 g/mol. The van der Waals surface area contributed by atoms with Crippen LogP contribution in [0.3, 0.4) is 0 Å².